The van der Waals surface area contributed by atoms with Crippen LogP contribution in [0.15, 0.2) is 30.3 Å². The van der Waals surface area contributed by atoms with Gasteiger partial charge in [0.1, 0.15) is 5.82 Å². The van der Waals surface area contributed by atoms with Gasteiger partial charge in [0.05, 0.1) is 11.7 Å². The molecule has 0 aliphatic heterocycles. The molecule has 2 atom stereocenters. The molecule has 102 valence electrons. The summed E-state index contributed by atoms with van der Waals surface area (Å²) in [7, 11) is 0. The van der Waals surface area contributed by atoms with Gasteiger partial charge in [0.2, 0.25) is 0 Å². The number of hydrogen-bond donors (Lipinski definition) is 1. The fraction of sp³-hybridized carbons (Fsp3) is 0.400. The van der Waals surface area contributed by atoms with E-state index in [1.54, 1.807) is 12.1 Å². The lowest BCUT2D eigenvalue weighted by Crippen LogP contribution is -2.33. The Kier molecular flexibility index (Phi) is 4.00. The van der Waals surface area contributed by atoms with Gasteiger partial charge in [0.25, 0.3) is 0 Å². The predicted octanol–water partition coefficient (Wildman–Crippen LogP) is 2.97. The van der Waals surface area contributed by atoms with Crippen molar-refractivity contribution in [3.63, 3.8) is 0 Å². The Morgan fingerprint density at radius 1 is 1.26 bits per heavy atom. The molecule has 4 heteroatoms. The van der Waals surface area contributed by atoms with Crippen LogP contribution in [0, 0.1) is 19.7 Å². The van der Waals surface area contributed by atoms with E-state index in [9.17, 15) is 4.39 Å². The highest BCUT2D eigenvalue weighted by Crippen LogP contribution is 2.24. The van der Waals surface area contributed by atoms with Gasteiger partial charge < -0.3 is 5.73 Å². The van der Waals surface area contributed by atoms with Gasteiger partial charge in [-0.3, -0.25) is 4.68 Å². The molecule has 2 rings (SSSR count). The van der Waals surface area contributed by atoms with E-state index >= 15 is 0 Å². The van der Waals surface area contributed by atoms with Gasteiger partial charge in [-0.05, 0) is 44.0 Å². The average molecular weight is 261 g/mol. The zero-order valence-corrected chi connectivity index (χ0v) is 11.6. The Morgan fingerprint density at radius 2 is 1.89 bits per heavy atom. The van der Waals surface area contributed by atoms with Crippen LogP contribution in [0.1, 0.15) is 36.3 Å². The maximum Gasteiger partial charge on any atom is 0.123 e. The summed E-state index contributed by atoms with van der Waals surface area (Å²) < 4.78 is 15.0. The molecule has 0 spiro atoms. The third kappa shape index (κ3) is 2.84. The van der Waals surface area contributed by atoms with Crippen molar-refractivity contribution >= 4 is 0 Å². The lowest BCUT2D eigenvalue weighted by molar-refractivity contribution is 0.415. The van der Waals surface area contributed by atoms with E-state index in [1.807, 2.05) is 31.5 Å². The lowest BCUT2D eigenvalue weighted by Gasteiger charge is -2.25. The van der Waals surface area contributed by atoms with Crippen LogP contribution < -0.4 is 5.73 Å². The van der Waals surface area contributed by atoms with Crippen LogP contribution >= 0.6 is 0 Å². The molecule has 0 saturated carbocycles. The molecule has 2 N–H and O–H groups in total. The Balaban J connectivity index is 2.47. The normalized spacial score (nSPS) is 14.4. The van der Waals surface area contributed by atoms with E-state index in [2.05, 4.69) is 5.10 Å². The first-order chi connectivity index (χ1) is 9.02. The average Bonchev–Trinajstić information content (AvgIpc) is 2.71. The van der Waals surface area contributed by atoms with Gasteiger partial charge in [-0.25, -0.2) is 4.39 Å². The molecule has 0 bridgehead atoms. The van der Waals surface area contributed by atoms with Crippen LogP contribution in [0.25, 0.3) is 0 Å². The molecule has 19 heavy (non-hydrogen) atoms. The van der Waals surface area contributed by atoms with E-state index in [0.717, 1.165) is 23.4 Å². The second-order valence-corrected chi connectivity index (χ2v) is 4.94. The van der Waals surface area contributed by atoms with Gasteiger partial charge >= 0.3 is 0 Å². The van der Waals surface area contributed by atoms with Crippen LogP contribution in [-0.4, -0.2) is 15.8 Å². The summed E-state index contributed by atoms with van der Waals surface area (Å²) in [5, 5.41) is 4.52. The van der Waals surface area contributed by atoms with Crippen molar-refractivity contribution in [2.75, 3.05) is 0 Å². The lowest BCUT2D eigenvalue weighted by atomic mass is 9.98. The fourth-order valence-electron chi connectivity index (χ4n) is 2.38. The Morgan fingerprint density at radius 3 is 2.37 bits per heavy atom. The third-order valence-electron chi connectivity index (χ3n) is 3.40. The molecule has 2 aromatic rings. The standard InChI is InChI=1S/C15H20FN3/c1-4-14(17)15(12-5-7-13(16)8-6-12)19-11(3)9-10(2)18-19/h5-9,14-15H,4,17H2,1-3H3. The molecule has 0 saturated heterocycles. The van der Waals surface area contributed by atoms with Crippen LogP contribution in [0.3, 0.4) is 0 Å². The number of benzene rings is 1. The highest BCUT2D eigenvalue weighted by Gasteiger charge is 2.22. The minimum atomic E-state index is -0.235. The van der Waals surface area contributed by atoms with Crippen molar-refractivity contribution in [1.29, 1.82) is 0 Å². The first-order valence-corrected chi connectivity index (χ1v) is 6.56. The molecule has 1 aromatic carbocycles. The van der Waals surface area contributed by atoms with Gasteiger partial charge in [0.15, 0.2) is 0 Å². The monoisotopic (exact) mass is 261 g/mol. The zero-order valence-electron chi connectivity index (χ0n) is 11.6. The summed E-state index contributed by atoms with van der Waals surface area (Å²) in [6.45, 7) is 6.02. The molecule has 0 aliphatic rings. The van der Waals surface area contributed by atoms with Gasteiger partial charge in [0, 0.05) is 11.7 Å². The van der Waals surface area contributed by atoms with E-state index in [0.29, 0.717) is 0 Å². The summed E-state index contributed by atoms with van der Waals surface area (Å²) in [5.41, 5.74) is 9.26. The minimum absolute atomic E-state index is 0.0524. The van der Waals surface area contributed by atoms with Crippen LogP contribution in [0.2, 0.25) is 0 Å². The molecular weight excluding hydrogens is 241 g/mol. The van der Waals surface area contributed by atoms with E-state index < -0.39 is 0 Å². The number of rotatable bonds is 4. The summed E-state index contributed by atoms with van der Waals surface area (Å²) >= 11 is 0. The highest BCUT2D eigenvalue weighted by atomic mass is 19.1. The van der Waals surface area contributed by atoms with Crippen LogP contribution in [-0.2, 0) is 0 Å². The molecule has 3 nitrogen and oxygen atoms in total. The maximum absolute atomic E-state index is 13.1. The number of nitrogens with zero attached hydrogens (tertiary/aromatic N) is 2. The SMILES string of the molecule is CCC(N)C(c1ccc(F)cc1)n1nc(C)cc1C. The Labute approximate surface area is 113 Å². The van der Waals surface area contributed by atoms with E-state index in [4.69, 9.17) is 5.73 Å². The van der Waals surface area contributed by atoms with Crippen molar-refractivity contribution < 1.29 is 4.39 Å². The van der Waals surface area contributed by atoms with Crippen molar-refractivity contribution in [3.8, 4) is 0 Å². The Hall–Kier alpha value is -1.68. The molecular formula is C15H20FN3. The molecule has 0 radical (unpaired) electrons. The molecule has 1 aromatic heterocycles. The molecule has 2 unspecified atom stereocenters. The van der Waals surface area contributed by atoms with Crippen molar-refractivity contribution in [3.05, 3.63) is 53.1 Å². The molecule has 0 fully saturated rings. The number of halogens is 1. The first kappa shape index (κ1) is 13.7. The summed E-state index contributed by atoms with van der Waals surface area (Å²) in [6.07, 6.45) is 0.834. The topological polar surface area (TPSA) is 43.8 Å². The zero-order chi connectivity index (χ0) is 14.0. The third-order valence-corrected chi connectivity index (χ3v) is 3.40. The number of nitrogens with two attached hydrogens (primary N) is 1. The number of hydrogen-bond acceptors (Lipinski definition) is 2. The largest absolute Gasteiger partial charge is 0.326 e. The quantitative estimate of drug-likeness (QED) is 0.919. The highest BCUT2D eigenvalue weighted by molar-refractivity contribution is 5.24. The van der Waals surface area contributed by atoms with E-state index in [1.165, 1.54) is 12.1 Å². The van der Waals surface area contributed by atoms with E-state index in [-0.39, 0.29) is 17.9 Å². The fourth-order valence-corrected chi connectivity index (χ4v) is 2.38. The molecule has 1 heterocycles. The van der Waals surface area contributed by atoms with Crippen molar-refractivity contribution in [2.45, 2.75) is 39.3 Å². The maximum atomic E-state index is 13.1. The van der Waals surface area contributed by atoms with Crippen molar-refractivity contribution in [2.24, 2.45) is 5.73 Å². The summed E-state index contributed by atoms with van der Waals surface area (Å²) in [5.74, 6) is -0.235. The smallest absolute Gasteiger partial charge is 0.123 e. The number of aromatic nitrogens is 2. The summed E-state index contributed by atoms with van der Waals surface area (Å²) in [4.78, 5) is 0. The van der Waals surface area contributed by atoms with Crippen LogP contribution in [0.4, 0.5) is 4.39 Å². The summed E-state index contributed by atoms with van der Waals surface area (Å²) in [6, 6.07) is 8.42. The molecule has 0 amide bonds. The second kappa shape index (κ2) is 5.53. The van der Waals surface area contributed by atoms with Crippen molar-refractivity contribution in [1.82, 2.24) is 9.78 Å². The second-order valence-electron chi connectivity index (χ2n) is 4.94. The minimum Gasteiger partial charge on any atom is -0.326 e. The van der Waals surface area contributed by atoms with Crippen LogP contribution in [0.5, 0.6) is 0 Å². The Bertz CT molecular complexity index is 545. The predicted molar refractivity (Wildman–Crippen MR) is 74.5 cm³/mol. The molecule has 0 aliphatic carbocycles. The van der Waals surface area contributed by atoms with Gasteiger partial charge in [-0.2, -0.15) is 5.10 Å². The first-order valence-electron chi connectivity index (χ1n) is 6.56. The van der Waals surface area contributed by atoms with Gasteiger partial charge in [-0.1, -0.05) is 19.1 Å². The van der Waals surface area contributed by atoms with Gasteiger partial charge in [-0.15, -0.1) is 0 Å². The number of aryl methyl sites for hydroxylation is 2.